The summed E-state index contributed by atoms with van der Waals surface area (Å²) in [5, 5.41) is 10.3. The number of nitriles is 1. The number of nitrogens with two attached hydrogens (primary N) is 1. The third kappa shape index (κ3) is 5.20. The van der Waals surface area contributed by atoms with Gasteiger partial charge in [0.2, 0.25) is 0 Å². The molecule has 1 saturated heterocycles. The molecule has 2 N–H and O–H groups in total. The summed E-state index contributed by atoms with van der Waals surface area (Å²) < 4.78 is 5.46. The Morgan fingerprint density at radius 2 is 2.00 bits per heavy atom. The Kier molecular flexibility index (Phi) is 6.77. The Hall–Kier alpha value is -2.99. The molecule has 1 aromatic carbocycles. The minimum Gasteiger partial charge on any atom is -0.378 e. The lowest BCUT2D eigenvalue weighted by Gasteiger charge is -2.28. The number of nitrogens with zero attached hydrogens (tertiary/aromatic N) is 5. The first-order valence-corrected chi connectivity index (χ1v) is 11.0. The molecule has 0 aliphatic carbocycles. The van der Waals surface area contributed by atoms with Gasteiger partial charge in [0.1, 0.15) is 16.7 Å². The van der Waals surface area contributed by atoms with Gasteiger partial charge in [-0.05, 0) is 43.7 Å². The van der Waals surface area contributed by atoms with Gasteiger partial charge in [0.25, 0.3) is 0 Å². The topological polar surface area (TPSA) is 101 Å². The number of hydrogen-bond donors (Lipinski definition) is 1. The van der Waals surface area contributed by atoms with Crippen LogP contribution in [0.2, 0.25) is 0 Å². The van der Waals surface area contributed by atoms with E-state index in [9.17, 15) is 5.26 Å². The predicted octanol–water partition coefficient (Wildman–Crippen LogP) is 3.21. The summed E-state index contributed by atoms with van der Waals surface area (Å²) in [4.78, 5) is 17.0. The second-order valence-corrected chi connectivity index (χ2v) is 8.29. The molecule has 4 rings (SSSR count). The molecule has 0 spiro atoms. The van der Waals surface area contributed by atoms with Crippen molar-refractivity contribution in [1.29, 1.82) is 5.26 Å². The van der Waals surface area contributed by atoms with Crippen molar-refractivity contribution >= 4 is 17.6 Å². The fraction of sp³-hybridized carbons (Fsp3) is 0.304. The first-order chi connectivity index (χ1) is 15.2. The SMILES string of the molecule is Cc1nc(Sc2cc(C#N)ccc2-c2ccc(CCN)cn2)cc(N2CCOCC2)n1. The van der Waals surface area contributed by atoms with Crippen molar-refractivity contribution in [2.45, 2.75) is 23.3 Å². The molecule has 0 radical (unpaired) electrons. The van der Waals surface area contributed by atoms with E-state index < -0.39 is 0 Å². The maximum atomic E-state index is 9.41. The van der Waals surface area contributed by atoms with Crippen LogP contribution in [0.15, 0.2) is 52.5 Å². The summed E-state index contributed by atoms with van der Waals surface area (Å²) in [5.74, 6) is 1.62. The molecular formula is C23H24N6OS. The van der Waals surface area contributed by atoms with E-state index in [1.165, 1.54) is 11.8 Å². The zero-order valence-corrected chi connectivity index (χ0v) is 18.2. The number of pyridine rings is 1. The Balaban J connectivity index is 1.67. The highest BCUT2D eigenvalue weighted by Crippen LogP contribution is 2.36. The van der Waals surface area contributed by atoms with Gasteiger partial charge in [-0.15, -0.1) is 0 Å². The number of anilines is 1. The minimum atomic E-state index is 0.595. The highest BCUT2D eigenvalue weighted by molar-refractivity contribution is 7.99. The van der Waals surface area contributed by atoms with Gasteiger partial charge < -0.3 is 15.4 Å². The number of aryl methyl sites for hydroxylation is 1. The van der Waals surface area contributed by atoms with Crippen molar-refractivity contribution in [3.63, 3.8) is 0 Å². The van der Waals surface area contributed by atoms with Crippen LogP contribution in [0.3, 0.4) is 0 Å². The van der Waals surface area contributed by atoms with E-state index >= 15 is 0 Å². The van der Waals surface area contributed by atoms with Crippen molar-refractivity contribution < 1.29 is 4.74 Å². The highest BCUT2D eigenvalue weighted by Gasteiger charge is 2.16. The number of aromatic nitrogens is 3. The average molecular weight is 433 g/mol. The molecule has 0 amide bonds. The van der Waals surface area contributed by atoms with E-state index in [1.807, 2.05) is 49.5 Å². The first kappa shape index (κ1) is 21.2. The fourth-order valence-corrected chi connectivity index (χ4v) is 4.47. The average Bonchev–Trinajstić information content (AvgIpc) is 2.80. The van der Waals surface area contributed by atoms with Crippen LogP contribution >= 0.6 is 11.8 Å². The molecule has 1 aliphatic rings. The van der Waals surface area contributed by atoms with Gasteiger partial charge in [-0.25, -0.2) is 9.97 Å². The lowest BCUT2D eigenvalue weighted by molar-refractivity contribution is 0.122. The molecular weight excluding hydrogens is 408 g/mol. The Morgan fingerprint density at radius 1 is 1.16 bits per heavy atom. The summed E-state index contributed by atoms with van der Waals surface area (Å²) in [6.07, 6.45) is 2.66. The van der Waals surface area contributed by atoms with Crippen molar-refractivity contribution in [2.75, 3.05) is 37.7 Å². The number of ether oxygens (including phenoxy) is 1. The third-order valence-corrected chi connectivity index (χ3v) is 5.97. The molecule has 0 bridgehead atoms. The molecule has 3 aromatic rings. The molecule has 0 atom stereocenters. The first-order valence-electron chi connectivity index (χ1n) is 10.2. The lowest BCUT2D eigenvalue weighted by Crippen LogP contribution is -2.36. The summed E-state index contributed by atoms with van der Waals surface area (Å²) in [6.45, 7) is 5.52. The fourth-order valence-electron chi connectivity index (χ4n) is 3.43. The van der Waals surface area contributed by atoms with Crippen molar-refractivity contribution in [1.82, 2.24) is 15.0 Å². The van der Waals surface area contributed by atoms with Crippen LogP contribution in [0.1, 0.15) is 17.0 Å². The highest BCUT2D eigenvalue weighted by atomic mass is 32.2. The number of rotatable bonds is 6. The van der Waals surface area contributed by atoms with Gasteiger partial charge in [-0.3, -0.25) is 4.98 Å². The van der Waals surface area contributed by atoms with Crippen LogP contribution < -0.4 is 10.6 Å². The van der Waals surface area contributed by atoms with E-state index in [-0.39, 0.29) is 0 Å². The second-order valence-electron chi connectivity index (χ2n) is 7.23. The predicted molar refractivity (Wildman–Crippen MR) is 121 cm³/mol. The van der Waals surface area contributed by atoms with Crippen molar-refractivity contribution in [3.05, 3.63) is 59.5 Å². The number of morpholine rings is 1. The Labute approximate surface area is 186 Å². The standard InChI is InChI=1S/C23H24N6OS/c1-16-27-22(29-8-10-30-11-9-29)13-23(28-16)31-21-12-18(14-25)2-4-19(21)20-5-3-17(6-7-24)15-26-20/h2-5,12-13,15H,6-11,24H2,1H3. The van der Waals surface area contributed by atoms with Crippen LogP contribution in [0.25, 0.3) is 11.3 Å². The molecule has 7 nitrogen and oxygen atoms in total. The molecule has 31 heavy (non-hydrogen) atoms. The Bertz CT molecular complexity index is 1090. The quantitative estimate of drug-likeness (QED) is 0.593. The van der Waals surface area contributed by atoms with Crippen LogP contribution in [0, 0.1) is 18.3 Å². The van der Waals surface area contributed by atoms with E-state index in [2.05, 4.69) is 25.9 Å². The molecule has 1 aliphatic heterocycles. The molecule has 158 valence electrons. The molecule has 2 aromatic heterocycles. The Morgan fingerprint density at radius 3 is 2.71 bits per heavy atom. The van der Waals surface area contributed by atoms with Gasteiger partial charge in [0.05, 0.1) is 30.5 Å². The van der Waals surface area contributed by atoms with Gasteiger partial charge in [0.15, 0.2) is 0 Å². The lowest BCUT2D eigenvalue weighted by atomic mass is 10.1. The largest absolute Gasteiger partial charge is 0.378 e. The third-order valence-electron chi connectivity index (χ3n) is 4.99. The van der Waals surface area contributed by atoms with Crippen LogP contribution in [0.5, 0.6) is 0 Å². The van der Waals surface area contributed by atoms with Crippen molar-refractivity contribution in [2.24, 2.45) is 5.73 Å². The normalized spacial score (nSPS) is 13.8. The monoisotopic (exact) mass is 432 g/mol. The summed E-state index contributed by atoms with van der Waals surface area (Å²) in [7, 11) is 0. The second kappa shape index (κ2) is 9.88. The maximum Gasteiger partial charge on any atom is 0.133 e. The van der Waals surface area contributed by atoms with Gasteiger partial charge >= 0.3 is 0 Å². The summed E-state index contributed by atoms with van der Waals surface area (Å²) in [5.41, 5.74) is 9.17. The van der Waals surface area contributed by atoms with E-state index in [0.717, 1.165) is 52.1 Å². The van der Waals surface area contributed by atoms with Crippen LogP contribution in [-0.2, 0) is 11.2 Å². The van der Waals surface area contributed by atoms with E-state index in [4.69, 9.17) is 10.5 Å². The van der Waals surface area contributed by atoms with Crippen LogP contribution in [-0.4, -0.2) is 47.8 Å². The molecule has 1 fully saturated rings. The minimum absolute atomic E-state index is 0.595. The van der Waals surface area contributed by atoms with E-state index in [1.54, 1.807) is 0 Å². The van der Waals surface area contributed by atoms with Gasteiger partial charge in [-0.2, -0.15) is 5.26 Å². The van der Waals surface area contributed by atoms with E-state index in [0.29, 0.717) is 31.1 Å². The zero-order valence-electron chi connectivity index (χ0n) is 17.4. The molecule has 8 heteroatoms. The zero-order chi connectivity index (χ0) is 21.6. The molecule has 0 saturated carbocycles. The van der Waals surface area contributed by atoms with Gasteiger partial charge in [0, 0.05) is 35.8 Å². The number of benzene rings is 1. The van der Waals surface area contributed by atoms with Crippen molar-refractivity contribution in [3.8, 4) is 17.3 Å². The maximum absolute atomic E-state index is 9.41. The van der Waals surface area contributed by atoms with Gasteiger partial charge in [-0.1, -0.05) is 23.9 Å². The smallest absolute Gasteiger partial charge is 0.133 e. The summed E-state index contributed by atoms with van der Waals surface area (Å²) >= 11 is 1.53. The molecule has 3 heterocycles. The molecule has 0 unspecified atom stereocenters. The summed E-state index contributed by atoms with van der Waals surface area (Å²) in [6, 6.07) is 13.9. The number of hydrogen-bond acceptors (Lipinski definition) is 8. The van der Waals surface area contributed by atoms with Crippen LogP contribution in [0.4, 0.5) is 5.82 Å².